The molecular weight excluding hydrogens is 400 g/mol. The number of ether oxygens (including phenoxy) is 1. The molecular formula is C26H28N4O2. The van der Waals surface area contributed by atoms with Gasteiger partial charge in [-0.05, 0) is 61.5 Å². The minimum Gasteiger partial charge on any atom is -0.497 e. The van der Waals surface area contributed by atoms with Crippen LogP contribution in [0.2, 0.25) is 0 Å². The molecule has 0 saturated carbocycles. The number of piperidine rings is 1. The van der Waals surface area contributed by atoms with Crippen LogP contribution in [0.1, 0.15) is 25.1 Å². The SMILES string of the molecule is [C-]#[N+]c1ccc(-c2nc(CCC3CCNCC3)n(C)c(=O)c2-c2ccc(OC)cc2)cc1. The van der Waals surface area contributed by atoms with Crippen LogP contribution in [0.3, 0.4) is 0 Å². The zero-order valence-electron chi connectivity index (χ0n) is 18.6. The third-order valence-corrected chi connectivity index (χ3v) is 6.27. The summed E-state index contributed by atoms with van der Waals surface area (Å²) in [7, 11) is 3.43. The fourth-order valence-corrected chi connectivity index (χ4v) is 4.29. The largest absolute Gasteiger partial charge is 0.497 e. The van der Waals surface area contributed by atoms with Crippen LogP contribution >= 0.6 is 0 Å². The van der Waals surface area contributed by atoms with Crippen molar-refractivity contribution in [1.82, 2.24) is 14.9 Å². The van der Waals surface area contributed by atoms with E-state index in [0.29, 0.717) is 22.9 Å². The van der Waals surface area contributed by atoms with Crippen LogP contribution in [0.25, 0.3) is 27.2 Å². The van der Waals surface area contributed by atoms with E-state index in [2.05, 4.69) is 10.2 Å². The Kier molecular flexibility index (Phi) is 6.67. The van der Waals surface area contributed by atoms with Crippen LogP contribution in [0.5, 0.6) is 5.75 Å². The molecule has 2 aromatic carbocycles. The van der Waals surface area contributed by atoms with Crippen LogP contribution in [0, 0.1) is 12.5 Å². The van der Waals surface area contributed by atoms with Gasteiger partial charge in [-0.15, -0.1) is 0 Å². The normalized spacial score (nSPS) is 14.2. The molecule has 1 aliphatic rings. The first-order chi connectivity index (χ1) is 15.6. The van der Waals surface area contributed by atoms with Crippen molar-refractivity contribution in [3.8, 4) is 28.1 Å². The first-order valence-electron chi connectivity index (χ1n) is 11.0. The number of benzene rings is 2. The van der Waals surface area contributed by atoms with E-state index in [-0.39, 0.29) is 5.56 Å². The first kappa shape index (κ1) is 21.8. The number of rotatable bonds is 6. The lowest BCUT2D eigenvalue weighted by Crippen LogP contribution is -2.29. The van der Waals surface area contributed by atoms with Crippen molar-refractivity contribution in [3.63, 3.8) is 0 Å². The van der Waals surface area contributed by atoms with Crippen molar-refractivity contribution in [2.75, 3.05) is 20.2 Å². The number of aromatic nitrogens is 2. The van der Waals surface area contributed by atoms with Crippen LogP contribution in [-0.2, 0) is 13.5 Å². The van der Waals surface area contributed by atoms with E-state index in [1.165, 1.54) is 12.8 Å². The van der Waals surface area contributed by atoms with Gasteiger partial charge in [0, 0.05) is 13.5 Å². The summed E-state index contributed by atoms with van der Waals surface area (Å²) in [4.78, 5) is 22.0. The van der Waals surface area contributed by atoms with E-state index < -0.39 is 0 Å². The molecule has 32 heavy (non-hydrogen) atoms. The van der Waals surface area contributed by atoms with Gasteiger partial charge >= 0.3 is 0 Å². The minimum atomic E-state index is -0.0604. The number of hydrogen-bond acceptors (Lipinski definition) is 4. The van der Waals surface area contributed by atoms with Gasteiger partial charge in [-0.25, -0.2) is 9.83 Å². The molecule has 1 fully saturated rings. The second-order valence-corrected chi connectivity index (χ2v) is 8.24. The highest BCUT2D eigenvalue weighted by molar-refractivity contribution is 5.81. The predicted molar refractivity (Wildman–Crippen MR) is 127 cm³/mol. The van der Waals surface area contributed by atoms with Crippen LogP contribution in [0.4, 0.5) is 5.69 Å². The van der Waals surface area contributed by atoms with E-state index in [9.17, 15) is 4.79 Å². The third-order valence-electron chi connectivity index (χ3n) is 6.27. The van der Waals surface area contributed by atoms with Gasteiger partial charge in [0.05, 0.1) is 24.9 Å². The van der Waals surface area contributed by atoms with Crippen molar-refractivity contribution in [3.05, 3.63) is 76.1 Å². The second-order valence-electron chi connectivity index (χ2n) is 8.24. The van der Waals surface area contributed by atoms with E-state index in [1.807, 2.05) is 43.4 Å². The molecule has 0 atom stereocenters. The summed E-state index contributed by atoms with van der Waals surface area (Å²) in [5.74, 6) is 2.20. The zero-order valence-corrected chi connectivity index (χ0v) is 18.6. The Balaban J connectivity index is 1.79. The van der Waals surface area contributed by atoms with E-state index in [1.54, 1.807) is 23.8 Å². The topological polar surface area (TPSA) is 60.5 Å². The lowest BCUT2D eigenvalue weighted by molar-refractivity contribution is 0.350. The molecule has 6 heteroatoms. The van der Waals surface area contributed by atoms with Crippen molar-refractivity contribution in [1.29, 1.82) is 0 Å². The van der Waals surface area contributed by atoms with Gasteiger partial charge in [0.15, 0.2) is 5.69 Å². The fourth-order valence-electron chi connectivity index (χ4n) is 4.29. The molecule has 0 aliphatic carbocycles. The predicted octanol–water partition coefficient (Wildman–Crippen LogP) is 4.61. The Morgan fingerprint density at radius 3 is 2.38 bits per heavy atom. The molecule has 1 N–H and O–H groups in total. The summed E-state index contributed by atoms with van der Waals surface area (Å²) in [6.45, 7) is 9.35. The Morgan fingerprint density at radius 2 is 1.75 bits per heavy atom. The van der Waals surface area contributed by atoms with Crippen LogP contribution in [0.15, 0.2) is 53.3 Å². The molecule has 0 bridgehead atoms. The van der Waals surface area contributed by atoms with Gasteiger partial charge in [-0.1, -0.05) is 36.4 Å². The summed E-state index contributed by atoms with van der Waals surface area (Å²) in [6.07, 6.45) is 4.14. The molecule has 6 nitrogen and oxygen atoms in total. The Morgan fingerprint density at radius 1 is 1.09 bits per heavy atom. The molecule has 1 saturated heterocycles. The van der Waals surface area contributed by atoms with Gasteiger partial charge in [0.1, 0.15) is 11.6 Å². The number of methoxy groups -OCH3 is 1. The molecule has 0 amide bonds. The standard InChI is InChI=1S/C26H28N4O2/c1-27-21-9-5-20(6-10-21)25-24(19-7-11-22(32-3)12-8-19)26(31)30(2)23(29-25)13-4-18-14-16-28-17-15-18/h5-12,18,28H,4,13-17H2,2-3H3. The van der Waals surface area contributed by atoms with E-state index in [4.69, 9.17) is 16.3 Å². The fraction of sp³-hybridized carbons (Fsp3) is 0.346. The molecule has 0 spiro atoms. The molecule has 1 aliphatic heterocycles. The number of nitrogens with one attached hydrogen (secondary N) is 1. The third kappa shape index (κ3) is 4.58. The average Bonchev–Trinajstić information content (AvgIpc) is 2.85. The second kappa shape index (κ2) is 9.80. The van der Waals surface area contributed by atoms with Gasteiger partial charge in [0.25, 0.3) is 5.56 Å². The van der Waals surface area contributed by atoms with Gasteiger partial charge < -0.3 is 10.1 Å². The highest BCUT2D eigenvalue weighted by Gasteiger charge is 2.20. The molecule has 0 unspecified atom stereocenters. The number of nitrogens with zero attached hydrogens (tertiary/aromatic N) is 3. The maximum atomic E-state index is 13.5. The van der Waals surface area contributed by atoms with Gasteiger partial charge in [0.2, 0.25) is 0 Å². The maximum Gasteiger partial charge on any atom is 0.261 e. The Hall–Kier alpha value is -3.43. The average molecular weight is 429 g/mol. The summed E-state index contributed by atoms with van der Waals surface area (Å²) >= 11 is 0. The zero-order chi connectivity index (χ0) is 22.5. The van der Waals surface area contributed by atoms with Crippen molar-refractivity contribution >= 4 is 5.69 Å². The lowest BCUT2D eigenvalue weighted by Gasteiger charge is -2.23. The quantitative estimate of drug-likeness (QED) is 0.583. The van der Waals surface area contributed by atoms with Crippen molar-refractivity contribution in [2.24, 2.45) is 13.0 Å². The van der Waals surface area contributed by atoms with E-state index >= 15 is 0 Å². The minimum absolute atomic E-state index is 0.0604. The summed E-state index contributed by atoms with van der Waals surface area (Å²) in [5, 5.41) is 3.41. The van der Waals surface area contributed by atoms with Gasteiger partial charge in [-0.3, -0.25) is 9.36 Å². The van der Waals surface area contributed by atoms with Crippen molar-refractivity contribution < 1.29 is 4.74 Å². The first-order valence-corrected chi connectivity index (χ1v) is 11.0. The molecule has 3 aromatic rings. The van der Waals surface area contributed by atoms with Crippen molar-refractivity contribution in [2.45, 2.75) is 25.7 Å². The Bertz CT molecular complexity index is 1170. The summed E-state index contributed by atoms with van der Waals surface area (Å²) in [6, 6.07) is 14.8. The molecule has 1 aromatic heterocycles. The molecule has 2 heterocycles. The highest BCUT2D eigenvalue weighted by atomic mass is 16.5. The monoisotopic (exact) mass is 428 g/mol. The highest BCUT2D eigenvalue weighted by Crippen LogP contribution is 2.31. The Labute approximate surface area is 188 Å². The van der Waals surface area contributed by atoms with Gasteiger partial charge in [-0.2, -0.15) is 0 Å². The molecule has 0 radical (unpaired) electrons. The summed E-state index contributed by atoms with van der Waals surface area (Å²) in [5.41, 5.74) is 3.37. The molecule has 4 rings (SSSR count). The maximum absolute atomic E-state index is 13.5. The lowest BCUT2D eigenvalue weighted by atomic mass is 9.93. The van der Waals surface area contributed by atoms with Crippen LogP contribution in [-0.4, -0.2) is 29.8 Å². The van der Waals surface area contributed by atoms with Crippen LogP contribution < -0.4 is 15.6 Å². The molecule has 164 valence electrons. The number of hydrogen-bond donors (Lipinski definition) is 1. The van der Waals surface area contributed by atoms with E-state index in [0.717, 1.165) is 48.6 Å². The number of aryl methyl sites for hydroxylation is 1. The smallest absolute Gasteiger partial charge is 0.261 e. The summed E-state index contributed by atoms with van der Waals surface area (Å²) < 4.78 is 6.97.